The maximum absolute atomic E-state index is 4.59. The Balaban J connectivity index is 1.52. The summed E-state index contributed by atoms with van der Waals surface area (Å²) in [5.41, 5.74) is 4.81. The van der Waals surface area contributed by atoms with Gasteiger partial charge >= 0.3 is 0 Å². The number of nitrogens with zero attached hydrogens (tertiary/aromatic N) is 3. The number of fused-ring (bicyclic) bond motifs is 3. The Morgan fingerprint density at radius 2 is 1.58 bits per heavy atom. The van der Waals surface area contributed by atoms with E-state index in [-0.39, 0.29) is 0 Å². The normalized spacial score (nSPS) is 28.8. The van der Waals surface area contributed by atoms with Crippen LogP contribution in [0, 0.1) is 19.8 Å². The first-order valence-electron chi connectivity index (χ1n) is 9.01. The molecule has 0 saturated carbocycles. The van der Waals surface area contributed by atoms with Gasteiger partial charge in [-0.25, -0.2) is 9.97 Å². The van der Waals surface area contributed by atoms with Crippen LogP contribution in [0.25, 0.3) is 11.1 Å². The number of benzene rings is 1. The number of aromatic nitrogens is 2. The van der Waals surface area contributed by atoms with Gasteiger partial charge in [0.25, 0.3) is 0 Å². The number of rotatable bonds is 3. The highest BCUT2D eigenvalue weighted by atomic mass is 15.2. The first kappa shape index (κ1) is 15.6. The topological polar surface area (TPSA) is 41.1 Å². The van der Waals surface area contributed by atoms with Crippen molar-refractivity contribution >= 4 is 5.95 Å². The molecule has 2 atom stereocenters. The van der Waals surface area contributed by atoms with E-state index in [0.29, 0.717) is 12.1 Å². The third-order valence-electron chi connectivity index (χ3n) is 5.68. The molecule has 24 heavy (non-hydrogen) atoms. The van der Waals surface area contributed by atoms with E-state index in [2.05, 4.69) is 59.2 Å². The lowest BCUT2D eigenvalue weighted by Crippen LogP contribution is -2.59. The summed E-state index contributed by atoms with van der Waals surface area (Å²) in [6.45, 7) is 9.07. The molecular formula is C20H26N4. The molecule has 2 aromatic rings. The average molecular weight is 322 g/mol. The maximum atomic E-state index is 4.59. The summed E-state index contributed by atoms with van der Waals surface area (Å²) in [6, 6.07) is 7.61. The van der Waals surface area contributed by atoms with Crippen LogP contribution in [0.5, 0.6) is 0 Å². The van der Waals surface area contributed by atoms with Crippen molar-refractivity contribution < 1.29 is 0 Å². The lowest BCUT2D eigenvalue weighted by atomic mass is 9.79. The number of nitrogens with one attached hydrogen (secondary N) is 1. The zero-order valence-electron chi connectivity index (χ0n) is 14.8. The van der Waals surface area contributed by atoms with Gasteiger partial charge in [0.05, 0.1) is 0 Å². The molecule has 4 heterocycles. The zero-order chi connectivity index (χ0) is 16.7. The van der Waals surface area contributed by atoms with E-state index in [9.17, 15) is 0 Å². The van der Waals surface area contributed by atoms with Gasteiger partial charge in [-0.05, 0) is 58.2 Å². The molecule has 0 aliphatic carbocycles. The minimum atomic E-state index is 0.472. The van der Waals surface area contributed by atoms with Crippen molar-refractivity contribution in [2.24, 2.45) is 5.92 Å². The average Bonchev–Trinajstić information content (AvgIpc) is 2.58. The highest BCUT2D eigenvalue weighted by molar-refractivity contribution is 5.63. The second-order valence-corrected chi connectivity index (χ2v) is 7.46. The van der Waals surface area contributed by atoms with Crippen molar-refractivity contribution in [3.05, 3.63) is 41.7 Å². The van der Waals surface area contributed by atoms with Gasteiger partial charge in [-0.1, -0.05) is 29.3 Å². The van der Waals surface area contributed by atoms with Gasteiger partial charge < -0.3 is 5.32 Å². The van der Waals surface area contributed by atoms with E-state index in [0.717, 1.165) is 17.4 Å². The van der Waals surface area contributed by atoms with Gasteiger partial charge in [0, 0.05) is 30.0 Å². The molecule has 3 aliphatic rings. The van der Waals surface area contributed by atoms with Crippen LogP contribution in [0.4, 0.5) is 5.95 Å². The fourth-order valence-electron chi connectivity index (χ4n) is 4.39. The van der Waals surface area contributed by atoms with Gasteiger partial charge in [-0.15, -0.1) is 0 Å². The lowest BCUT2D eigenvalue weighted by Gasteiger charge is -2.49. The van der Waals surface area contributed by atoms with E-state index in [1.807, 2.05) is 12.4 Å². The fourth-order valence-corrected chi connectivity index (χ4v) is 4.39. The Bertz CT molecular complexity index is 695. The Labute approximate surface area is 144 Å². The number of hydrogen-bond acceptors (Lipinski definition) is 4. The maximum Gasteiger partial charge on any atom is 0.222 e. The molecule has 4 heteroatoms. The van der Waals surface area contributed by atoms with Crippen LogP contribution in [0.3, 0.4) is 0 Å². The Kier molecular flexibility index (Phi) is 4.01. The second-order valence-electron chi connectivity index (χ2n) is 7.46. The predicted octanol–water partition coefficient (Wildman–Crippen LogP) is 3.66. The predicted molar refractivity (Wildman–Crippen MR) is 98.1 cm³/mol. The minimum absolute atomic E-state index is 0.472. The molecule has 5 rings (SSSR count). The minimum Gasteiger partial charge on any atom is -0.350 e. The van der Waals surface area contributed by atoms with Crippen molar-refractivity contribution in [1.82, 2.24) is 14.9 Å². The molecule has 3 fully saturated rings. The second kappa shape index (κ2) is 6.17. The van der Waals surface area contributed by atoms with E-state index in [1.54, 1.807) is 0 Å². The van der Waals surface area contributed by atoms with Crippen LogP contribution in [0.2, 0.25) is 0 Å². The molecule has 0 radical (unpaired) electrons. The number of hydrogen-bond donors (Lipinski definition) is 1. The third-order valence-corrected chi connectivity index (χ3v) is 5.68. The smallest absolute Gasteiger partial charge is 0.222 e. The highest BCUT2D eigenvalue weighted by Crippen LogP contribution is 2.33. The molecule has 3 saturated heterocycles. The van der Waals surface area contributed by atoms with Gasteiger partial charge in [0.2, 0.25) is 5.95 Å². The largest absolute Gasteiger partial charge is 0.350 e. The molecule has 1 N–H and O–H groups in total. The fraction of sp³-hybridized carbons (Fsp3) is 0.500. The lowest BCUT2D eigenvalue weighted by molar-refractivity contribution is 0.0455. The molecule has 2 bridgehead atoms. The van der Waals surface area contributed by atoms with Gasteiger partial charge in [-0.3, -0.25) is 4.90 Å². The SMILES string of the molecule is Cc1cc(C)cc(-c2cnc(N[C@@H]3C4CCN(CC4)[C@@H]3C)nc2)c1. The molecule has 1 aromatic heterocycles. The van der Waals surface area contributed by atoms with Gasteiger partial charge in [0.15, 0.2) is 0 Å². The Morgan fingerprint density at radius 1 is 0.958 bits per heavy atom. The Hall–Kier alpha value is -1.94. The van der Waals surface area contributed by atoms with E-state index < -0.39 is 0 Å². The molecular weight excluding hydrogens is 296 g/mol. The van der Waals surface area contributed by atoms with Crippen LogP contribution < -0.4 is 5.32 Å². The highest BCUT2D eigenvalue weighted by Gasteiger charge is 2.39. The standard InChI is InChI=1S/C20H26N4/c1-13-8-14(2)10-17(9-13)18-11-21-20(22-12-18)23-19-15(3)24-6-4-16(19)5-7-24/h8-12,15-16,19H,4-7H2,1-3H3,(H,21,22,23)/t15-,19+/m1/s1. The van der Waals surface area contributed by atoms with Crippen molar-refractivity contribution in [3.63, 3.8) is 0 Å². The van der Waals surface area contributed by atoms with Crippen molar-refractivity contribution in [2.75, 3.05) is 18.4 Å². The monoisotopic (exact) mass is 322 g/mol. The number of aryl methyl sites for hydroxylation is 2. The van der Waals surface area contributed by atoms with Crippen LogP contribution in [0.15, 0.2) is 30.6 Å². The molecule has 0 unspecified atom stereocenters. The zero-order valence-corrected chi connectivity index (χ0v) is 14.8. The first-order chi connectivity index (χ1) is 11.6. The molecule has 126 valence electrons. The summed E-state index contributed by atoms with van der Waals surface area (Å²) in [5.74, 6) is 1.52. The van der Waals surface area contributed by atoms with Crippen LogP contribution in [-0.2, 0) is 0 Å². The van der Waals surface area contributed by atoms with E-state index in [1.165, 1.54) is 42.6 Å². The van der Waals surface area contributed by atoms with Crippen LogP contribution in [-0.4, -0.2) is 40.0 Å². The van der Waals surface area contributed by atoms with Crippen molar-refractivity contribution in [3.8, 4) is 11.1 Å². The van der Waals surface area contributed by atoms with Crippen molar-refractivity contribution in [1.29, 1.82) is 0 Å². The molecule has 4 nitrogen and oxygen atoms in total. The summed E-state index contributed by atoms with van der Waals surface area (Å²) < 4.78 is 0. The summed E-state index contributed by atoms with van der Waals surface area (Å²) in [4.78, 5) is 11.8. The van der Waals surface area contributed by atoms with Gasteiger partial charge in [-0.2, -0.15) is 0 Å². The van der Waals surface area contributed by atoms with E-state index in [4.69, 9.17) is 0 Å². The molecule has 1 aromatic carbocycles. The van der Waals surface area contributed by atoms with Crippen LogP contribution >= 0.6 is 0 Å². The number of anilines is 1. The molecule has 3 aliphatic heterocycles. The summed E-state index contributed by atoms with van der Waals surface area (Å²) in [6.07, 6.45) is 6.47. The number of piperidine rings is 3. The molecule has 0 spiro atoms. The Morgan fingerprint density at radius 3 is 2.17 bits per heavy atom. The molecule has 0 amide bonds. The first-order valence-corrected chi connectivity index (χ1v) is 9.01. The third kappa shape index (κ3) is 2.91. The van der Waals surface area contributed by atoms with Gasteiger partial charge in [0.1, 0.15) is 0 Å². The summed E-state index contributed by atoms with van der Waals surface area (Å²) >= 11 is 0. The summed E-state index contributed by atoms with van der Waals surface area (Å²) in [5, 5.41) is 3.60. The summed E-state index contributed by atoms with van der Waals surface area (Å²) in [7, 11) is 0. The van der Waals surface area contributed by atoms with Crippen molar-refractivity contribution in [2.45, 2.75) is 45.7 Å². The quantitative estimate of drug-likeness (QED) is 0.936. The van der Waals surface area contributed by atoms with E-state index >= 15 is 0 Å². The van der Waals surface area contributed by atoms with Crippen LogP contribution in [0.1, 0.15) is 30.9 Å².